The van der Waals surface area contributed by atoms with Crippen LogP contribution in [-0.2, 0) is 11.3 Å². The van der Waals surface area contributed by atoms with Crippen molar-refractivity contribution in [3.05, 3.63) is 29.5 Å². The van der Waals surface area contributed by atoms with Gasteiger partial charge in [0.1, 0.15) is 0 Å². The van der Waals surface area contributed by atoms with E-state index >= 15 is 0 Å². The first-order valence-corrected chi connectivity index (χ1v) is 6.42. The van der Waals surface area contributed by atoms with Crippen LogP contribution in [0.1, 0.15) is 12.1 Å². The fourth-order valence-corrected chi connectivity index (χ4v) is 2.31. The molecule has 0 unspecified atom stereocenters. The minimum absolute atomic E-state index is 0.145. The fraction of sp³-hybridized carbons (Fsp3) is 0.333. The van der Waals surface area contributed by atoms with Crippen molar-refractivity contribution in [2.24, 2.45) is 0 Å². The molecule has 0 saturated heterocycles. The highest BCUT2D eigenvalue weighted by Crippen LogP contribution is 2.24. The Balaban J connectivity index is 1.92. The maximum Gasteiger partial charge on any atom is 0.304 e. The van der Waals surface area contributed by atoms with Crippen molar-refractivity contribution in [3.63, 3.8) is 0 Å². The first-order valence-electron chi connectivity index (χ1n) is 5.54. The third kappa shape index (κ3) is 3.41. The summed E-state index contributed by atoms with van der Waals surface area (Å²) in [4.78, 5) is 16.9. The molecule has 2 aromatic heterocycles. The number of nitrogens with zero attached hydrogens (tertiary/aromatic N) is 2. The second-order valence-corrected chi connectivity index (χ2v) is 4.86. The first-order chi connectivity index (χ1) is 8.65. The molecule has 0 atom stereocenters. The molecular formula is C12H14N2O3S. The molecule has 0 aliphatic heterocycles. The minimum Gasteiger partial charge on any atom is -0.481 e. The molecule has 2 heterocycles. The smallest absolute Gasteiger partial charge is 0.304 e. The minimum atomic E-state index is -0.781. The quantitative estimate of drug-likeness (QED) is 0.869. The van der Waals surface area contributed by atoms with Gasteiger partial charge in [-0.2, -0.15) is 0 Å². The molecular weight excluding hydrogens is 252 g/mol. The van der Waals surface area contributed by atoms with E-state index in [-0.39, 0.29) is 6.42 Å². The number of carbonyl (C=O) groups is 1. The molecule has 0 aromatic carbocycles. The number of carboxylic acid groups (broad SMARTS) is 1. The summed E-state index contributed by atoms with van der Waals surface area (Å²) in [6, 6.07) is 3.70. The third-order valence-electron chi connectivity index (χ3n) is 2.42. The van der Waals surface area contributed by atoms with Gasteiger partial charge in [0.05, 0.1) is 18.4 Å². The summed E-state index contributed by atoms with van der Waals surface area (Å²) >= 11 is 1.53. The number of thiazole rings is 1. The van der Waals surface area contributed by atoms with Gasteiger partial charge in [-0.3, -0.25) is 9.69 Å². The Labute approximate surface area is 109 Å². The van der Waals surface area contributed by atoms with Gasteiger partial charge in [-0.25, -0.2) is 4.98 Å². The lowest BCUT2D eigenvalue weighted by atomic mass is 10.3. The molecule has 0 fully saturated rings. The van der Waals surface area contributed by atoms with Gasteiger partial charge in [0.25, 0.3) is 0 Å². The van der Waals surface area contributed by atoms with Crippen LogP contribution in [0.4, 0.5) is 0 Å². The summed E-state index contributed by atoms with van der Waals surface area (Å²) in [6.07, 6.45) is 1.76. The maximum atomic E-state index is 10.5. The zero-order valence-corrected chi connectivity index (χ0v) is 10.8. The Morgan fingerprint density at radius 2 is 2.44 bits per heavy atom. The highest BCUT2D eigenvalue weighted by molar-refractivity contribution is 7.13. The van der Waals surface area contributed by atoms with Crippen LogP contribution in [0, 0.1) is 0 Å². The molecule has 0 bridgehead atoms. The average molecular weight is 266 g/mol. The molecule has 5 nitrogen and oxygen atoms in total. The van der Waals surface area contributed by atoms with E-state index in [1.165, 1.54) is 11.3 Å². The molecule has 0 aliphatic carbocycles. The van der Waals surface area contributed by atoms with Gasteiger partial charge in [-0.05, 0) is 19.2 Å². The maximum absolute atomic E-state index is 10.5. The SMILES string of the molecule is CN(CCC(=O)O)Cc1csc(-c2ccco2)n1. The molecule has 0 aliphatic rings. The molecule has 2 aromatic rings. The Kier molecular flexibility index (Phi) is 4.11. The van der Waals surface area contributed by atoms with Gasteiger partial charge in [-0.1, -0.05) is 0 Å². The zero-order chi connectivity index (χ0) is 13.0. The Morgan fingerprint density at radius 1 is 1.61 bits per heavy atom. The lowest BCUT2D eigenvalue weighted by molar-refractivity contribution is -0.137. The topological polar surface area (TPSA) is 66.6 Å². The van der Waals surface area contributed by atoms with E-state index < -0.39 is 5.97 Å². The summed E-state index contributed by atoms with van der Waals surface area (Å²) < 4.78 is 5.27. The van der Waals surface area contributed by atoms with E-state index in [4.69, 9.17) is 9.52 Å². The van der Waals surface area contributed by atoms with Gasteiger partial charge < -0.3 is 9.52 Å². The van der Waals surface area contributed by atoms with E-state index in [0.29, 0.717) is 13.1 Å². The molecule has 0 saturated carbocycles. The van der Waals surface area contributed by atoms with Crippen LogP contribution in [0.3, 0.4) is 0 Å². The van der Waals surface area contributed by atoms with Gasteiger partial charge in [0.15, 0.2) is 10.8 Å². The normalized spacial score (nSPS) is 11.0. The second-order valence-electron chi connectivity index (χ2n) is 4.00. The van der Waals surface area contributed by atoms with Gasteiger partial charge in [0.2, 0.25) is 0 Å². The van der Waals surface area contributed by atoms with E-state index in [9.17, 15) is 4.79 Å². The van der Waals surface area contributed by atoms with Gasteiger partial charge in [0, 0.05) is 18.5 Å². The highest BCUT2D eigenvalue weighted by atomic mass is 32.1. The van der Waals surface area contributed by atoms with Crippen molar-refractivity contribution < 1.29 is 14.3 Å². The Morgan fingerprint density at radius 3 is 3.11 bits per heavy atom. The van der Waals surface area contributed by atoms with Crippen molar-refractivity contribution in [3.8, 4) is 10.8 Å². The number of hydrogen-bond acceptors (Lipinski definition) is 5. The van der Waals surface area contributed by atoms with Crippen LogP contribution >= 0.6 is 11.3 Å². The Hall–Kier alpha value is -1.66. The predicted octanol–water partition coefficient (Wildman–Crippen LogP) is 2.31. The van der Waals surface area contributed by atoms with Crippen LogP contribution in [0.2, 0.25) is 0 Å². The molecule has 18 heavy (non-hydrogen) atoms. The van der Waals surface area contributed by atoms with Crippen LogP contribution in [0.25, 0.3) is 10.8 Å². The van der Waals surface area contributed by atoms with Crippen molar-refractivity contribution in [2.45, 2.75) is 13.0 Å². The van der Waals surface area contributed by atoms with Crippen LogP contribution in [-0.4, -0.2) is 34.6 Å². The van der Waals surface area contributed by atoms with Crippen LogP contribution in [0.5, 0.6) is 0 Å². The summed E-state index contributed by atoms with van der Waals surface area (Å²) in [5.41, 5.74) is 0.930. The molecule has 96 valence electrons. The van der Waals surface area contributed by atoms with E-state index in [1.54, 1.807) is 6.26 Å². The first kappa shape index (κ1) is 12.8. The van der Waals surface area contributed by atoms with E-state index in [1.807, 2.05) is 29.5 Å². The van der Waals surface area contributed by atoms with Crippen molar-refractivity contribution >= 4 is 17.3 Å². The average Bonchev–Trinajstić information content (AvgIpc) is 2.95. The lowest BCUT2D eigenvalue weighted by Gasteiger charge is -2.13. The van der Waals surface area contributed by atoms with Crippen molar-refractivity contribution in [1.82, 2.24) is 9.88 Å². The molecule has 0 radical (unpaired) electrons. The number of carboxylic acids is 1. The van der Waals surface area contributed by atoms with E-state index in [2.05, 4.69) is 4.98 Å². The van der Waals surface area contributed by atoms with Gasteiger partial charge >= 0.3 is 5.97 Å². The van der Waals surface area contributed by atoms with Crippen molar-refractivity contribution in [1.29, 1.82) is 0 Å². The lowest BCUT2D eigenvalue weighted by Crippen LogP contribution is -2.21. The zero-order valence-electron chi connectivity index (χ0n) is 10.00. The third-order valence-corrected chi connectivity index (χ3v) is 3.33. The number of aliphatic carboxylic acids is 1. The van der Waals surface area contributed by atoms with Crippen molar-refractivity contribution in [2.75, 3.05) is 13.6 Å². The molecule has 6 heteroatoms. The summed E-state index contributed by atoms with van der Waals surface area (Å²) in [7, 11) is 1.88. The van der Waals surface area contributed by atoms with Gasteiger partial charge in [-0.15, -0.1) is 11.3 Å². The number of aromatic nitrogens is 1. The summed E-state index contributed by atoms with van der Waals surface area (Å²) in [5, 5.41) is 11.4. The highest BCUT2D eigenvalue weighted by Gasteiger charge is 2.09. The summed E-state index contributed by atoms with van der Waals surface area (Å²) in [6.45, 7) is 1.16. The van der Waals surface area contributed by atoms with Crippen LogP contribution < -0.4 is 0 Å². The molecule has 1 N–H and O–H groups in total. The number of rotatable bonds is 6. The largest absolute Gasteiger partial charge is 0.481 e. The van der Waals surface area contributed by atoms with E-state index in [0.717, 1.165) is 16.5 Å². The molecule has 0 spiro atoms. The molecule has 2 rings (SSSR count). The predicted molar refractivity (Wildman–Crippen MR) is 68.4 cm³/mol. The van der Waals surface area contributed by atoms with Crippen LogP contribution in [0.15, 0.2) is 28.2 Å². The second kappa shape index (κ2) is 5.79. The molecule has 0 amide bonds. The fourth-order valence-electron chi connectivity index (χ4n) is 1.54. The number of furan rings is 1. The standard InChI is InChI=1S/C12H14N2O3S/c1-14(5-4-11(15)16)7-9-8-18-12(13-9)10-3-2-6-17-10/h2-3,6,8H,4-5,7H2,1H3,(H,15,16). The number of hydrogen-bond donors (Lipinski definition) is 1. The Bertz CT molecular complexity index is 507. The monoisotopic (exact) mass is 266 g/mol. The summed E-state index contributed by atoms with van der Waals surface area (Å²) in [5.74, 6) is -0.0177.